The van der Waals surface area contributed by atoms with E-state index in [0.717, 1.165) is 26.2 Å². The summed E-state index contributed by atoms with van der Waals surface area (Å²) in [6, 6.07) is 0. The molecular formula is C7H16INO. The summed E-state index contributed by atoms with van der Waals surface area (Å²) in [5, 5.41) is 0. The highest BCUT2D eigenvalue weighted by Gasteiger charge is 1.98. The maximum atomic E-state index is 5.35. The normalized spacial score (nSPS) is 13.5. The number of ether oxygens (including phenoxy) is 1. The number of nitrogens with one attached hydrogen (secondary N) is 1. The third-order valence-corrected chi connectivity index (χ3v) is 1.62. The Morgan fingerprint density at radius 2 is 2.30 bits per heavy atom. The Morgan fingerprint density at radius 1 is 1.60 bits per heavy atom. The van der Waals surface area contributed by atoms with E-state index in [1.165, 1.54) is 0 Å². The van der Waals surface area contributed by atoms with Gasteiger partial charge in [-0.2, -0.15) is 0 Å². The van der Waals surface area contributed by atoms with Crippen LogP contribution in [0.25, 0.3) is 0 Å². The minimum absolute atomic E-state index is 0.628. The Morgan fingerprint density at radius 3 is 2.80 bits per heavy atom. The van der Waals surface area contributed by atoms with Gasteiger partial charge in [-0.05, 0) is 12.3 Å². The highest BCUT2D eigenvalue weighted by atomic mass is 127. The summed E-state index contributed by atoms with van der Waals surface area (Å²) in [5.41, 5.74) is 0. The first-order chi connectivity index (χ1) is 4.81. The average Bonchev–Trinajstić information content (AvgIpc) is 1.89. The summed E-state index contributed by atoms with van der Waals surface area (Å²) < 4.78 is 8.44. The van der Waals surface area contributed by atoms with Crippen molar-refractivity contribution in [2.45, 2.75) is 20.3 Å². The van der Waals surface area contributed by atoms with E-state index in [4.69, 9.17) is 4.74 Å². The van der Waals surface area contributed by atoms with Gasteiger partial charge in [0.25, 0.3) is 0 Å². The molecule has 1 atom stereocenters. The molecule has 0 saturated carbocycles. The Bertz CT molecular complexity index is 70.6. The molecule has 0 aliphatic rings. The van der Waals surface area contributed by atoms with Gasteiger partial charge < -0.3 is 4.74 Å². The summed E-state index contributed by atoms with van der Waals surface area (Å²) in [7, 11) is 0. The van der Waals surface area contributed by atoms with Crippen molar-refractivity contribution in [3.8, 4) is 0 Å². The number of hydrogen-bond acceptors (Lipinski definition) is 2. The second kappa shape index (κ2) is 7.75. The molecule has 0 spiro atoms. The monoisotopic (exact) mass is 257 g/mol. The van der Waals surface area contributed by atoms with E-state index in [2.05, 4.69) is 40.2 Å². The molecule has 0 heterocycles. The zero-order valence-corrected chi connectivity index (χ0v) is 8.85. The van der Waals surface area contributed by atoms with Crippen LogP contribution in [0.1, 0.15) is 20.3 Å². The minimum atomic E-state index is 0.628. The lowest BCUT2D eigenvalue weighted by atomic mass is 10.2. The van der Waals surface area contributed by atoms with Gasteiger partial charge in [-0.25, -0.2) is 0 Å². The molecule has 0 aromatic heterocycles. The summed E-state index contributed by atoms with van der Waals surface area (Å²) in [6.07, 6.45) is 1.12. The van der Waals surface area contributed by atoms with Crippen LogP contribution in [-0.4, -0.2) is 19.8 Å². The average molecular weight is 257 g/mol. The van der Waals surface area contributed by atoms with Crippen LogP contribution >= 0.6 is 22.9 Å². The lowest BCUT2D eigenvalue weighted by Gasteiger charge is -2.09. The first-order valence-corrected chi connectivity index (χ1v) is 4.80. The van der Waals surface area contributed by atoms with E-state index in [0.29, 0.717) is 5.92 Å². The summed E-state index contributed by atoms with van der Waals surface area (Å²) in [4.78, 5) is 0. The maximum absolute atomic E-state index is 5.35. The van der Waals surface area contributed by atoms with E-state index in [-0.39, 0.29) is 0 Å². The lowest BCUT2D eigenvalue weighted by molar-refractivity contribution is 0.107. The van der Waals surface area contributed by atoms with Gasteiger partial charge in [0.15, 0.2) is 0 Å². The van der Waals surface area contributed by atoms with Crippen LogP contribution in [0.5, 0.6) is 0 Å². The van der Waals surface area contributed by atoms with Crippen molar-refractivity contribution in [2.75, 3.05) is 19.8 Å². The zero-order valence-electron chi connectivity index (χ0n) is 6.69. The summed E-state index contributed by atoms with van der Waals surface area (Å²) >= 11 is 2.16. The van der Waals surface area contributed by atoms with Crippen LogP contribution in [0, 0.1) is 5.92 Å². The maximum Gasteiger partial charge on any atom is 0.0504 e. The van der Waals surface area contributed by atoms with E-state index in [1.54, 1.807) is 0 Å². The zero-order chi connectivity index (χ0) is 7.82. The van der Waals surface area contributed by atoms with Gasteiger partial charge in [0, 0.05) is 36.0 Å². The quantitative estimate of drug-likeness (QED) is 0.446. The smallest absolute Gasteiger partial charge is 0.0504 e. The molecule has 0 fully saturated rings. The Hall–Kier alpha value is 0.650. The molecule has 0 aromatic rings. The lowest BCUT2D eigenvalue weighted by Crippen LogP contribution is -2.16. The van der Waals surface area contributed by atoms with Gasteiger partial charge in [-0.3, -0.25) is 3.53 Å². The SMILES string of the molecule is CCCOCC(C)CNI. The third-order valence-electron chi connectivity index (χ3n) is 1.18. The van der Waals surface area contributed by atoms with Crippen LogP contribution in [0.3, 0.4) is 0 Å². The summed E-state index contributed by atoms with van der Waals surface area (Å²) in [5.74, 6) is 0.628. The van der Waals surface area contributed by atoms with Gasteiger partial charge in [-0.15, -0.1) is 0 Å². The van der Waals surface area contributed by atoms with E-state index >= 15 is 0 Å². The van der Waals surface area contributed by atoms with Crippen LogP contribution < -0.4 is 3.53 Å². The molecule has 0 aliphatic carbocycles. The van der Waals surface area contributed by atoms with E-state index in [1.807, 2.05) is 0 Å². The Labute approximate surface area is 77.2 Å². The van der Waals surface area contributed by atoms with Crippen LogP contribution in [0.2, 0.25) is 0 Å². The highest BCUT2D eigenvalue weighted by Crippen LogP contribution is 1.95. The topological polar surface area (TPSA) is 21.3 Å². The molecular weight excluding hydrogens is 241 g/mol. The molecule has 0 radical (unpaired) electrons. The first kappa shape index (κ1) is 10.7. The van der Waals surface area contributed by atoms with Crippen LogP contribution in [0.15, 0.2) is 0 Å². The number of halogens is 1. The van der Waals surface area contributed by atoms with Crippen molar-refractivity contribution < 1.29 is 4.74 Å². The molecule has 0 bridgehead atoms. The molecule has 0 amide bonds. The van der Waals surface area contributed by atoms with Gasteiger partial charge in [-0.1, -0.05) is 13.8 Å². The van der Waals surface area contributed by atoms with Crippen molar-refractivity contribution in [3.05, 3.63) is 0 Å². The molecule has 3 heteroatoms. The molecule has 0 saturated heterocycles. The molecule has 10 heavy (non-hydrogen) atoms. The molecule has 0 aromatic carbocycles. The fourth-order valence-electron chi connectivity index (χ4n) is 0.619. The van der Waals surface area contributed by atoms with Crippen LogP contribution in [-0.2, 0) is 4.74 Å². The van der Waals surface area contributed by atoms with Crippen LogP contribution in [0.4, 0.5) is 0 Å². The van der Waals surface area contributed by atoms with Crippen molar-refractivity contribution in [3.63, 3.8) is 0 Å². The van der Waals surface area contributed by atoms with E-state index in [9.17, 15) is 0 Å². The van der Waals surface area contributed by atoms with Crippen molar-refractivity contribution in [2.24, 2.45) is 5.92 Å². The van der Waals surface area contributed by atoms with Gasteiger partial charge in [0.2, 0.25) is 0 Å². The van der Waals surface area contributed by atoms with Gasteiger partial charge >= 0.3 is 0 Å². The van der Waals surface area contributed by atoms with Crippen molar-refractivity contribution >= 4 is 22.9 Å². The fourth-order valence-corrected chi connectivity index (χ4v) is 1.37. The van der Waals surface area contributed by atoms with Crippen molar-refractivity contribution in [1.29, 1.82) is 0 Å². The fraction of sp³-hybridized carbons (Fsp3) is 1.00. The standard InChI is InChI=1S/C7H16INO/c1-3-4-10-6-7(2)5-9-8/h7,9H,3-6H2,1-2H3. The number of hydrogen-bond donors (Lipinski definition) is 1. The van der Waals surface area contributed by atoms with Gasteiger partial charge in [0.1, 0.15) is 0 Å². The van der Waals surface area contributed by atoms with Crippen molar-refractivity contribution in [1.82, 2.24) is 3.53 Å². The second-order valence-electron chi connectivity index (χ2n) is 2.52. The Balaban J connectivity index is 2.97. The molecule has 62 valence electrons. The molecule has 1 unspecified atom stereocenters. The third kappa shape index (κ3) is 6.77. The number of rotatable bonds is 6. The molecule has 0 aliphatic heterocycles. The second-order valence-corrected chi connectivity index (χ2v) is 3.28. The molecule has 2 nitrogen and oxygen atoms in total. The molecule has 0 rings (SSSR count). The minimum Gasteiger partial charge on any atom is -0.381 e. The van der Waals surface area contributed by atoms with E-state index < -0.39 is 0 Å². The first-order valence-electron chi connectivity index (χ1n) is 3.72. The molecule has 1 N–H and O–H groups in total. The highest BCUT2D eigenvalue weighted by molar-refractivity contribution is 14.1. The predicted molar refractivity (Wildman–Crippen MR) is 52.3 cm³/mol. The summed E-state index contributed by atoms with van der Waals surface area (Å²) in [6.45, 7) is 7.11. The largest absolute Gasteiger partial charge is 0.381 e. The Kier molecular flexibility index (Phi) is 8.26. The van der Waals surface area contributed by atoms with Gasteiger partial charge in [0.05, 0.1) is 6.61 Å². The predicted octanol–water partition coefficient (Wildman–Crippen LogP) is 1.99.